The molecule has 0 aliphatic rings. The highest BCUT2D eigenvalue weighted by molar-refractivity contribution is 5.75. The third-order valence-electron chi connectivity index (χ3n) is 6.83. The van der Waals surface area contributed by atoms with Crippen molar-refractivity contribution >= 4 is 0 Å². The molecule has 0 heterocycles. The lowest BCUT2D eigenvalue weighted by Gasteiger charge is -2.10. The lowest BCUT2D eigenvalue weighted by atomic mass is 9.95. The number of benzene rings is 4. The number of rotatable bonds is 11. The predicted molar refractivity (Wildman–Crippen MR) is 149 cm³/mol. The zero-order chi connectivity index (χ0) is 24.5. The fraction of sp³-hybridized carbons (Fsp3) is 0.294. The molecule has 0 N–H and O–H groups in total. The summed E-state index contributed by atoms with van der Waals surface area (Å²) < 4.78 is 14.6. The molecule has 0 amide bonds. The van der Waals surface area contributed by atoms with E-state index in [-0.39, 0.29) is 5.82 Å². The predicted octanol–water partition coefficient (Wildman–Crippen LogP) is 10.3. The van der Waals surface area contributed by atoms with E-state index >= 15 is 0 Å². The summed E-state index contributed by atoms with van der Waals surface area (Å²) >= 11 is 0. The van der Waals surface area contributed by atoms with Crippen LogP contribution in [0.1, 0.15) is 63.5 Å². The number of halogens is 1. The minimum atomic E-state index is -0.202. The third kappa shape index (κ3) is 6.92. The maximum Gasteiger partial charge on any atom is 0.124 e. The lowest BCUT2D eigenvalue weighted by molar-refractivity contribution is 0.629. The van der Waals surface area contributed by atoms with Gasteiger partial charge in [-0.2, -0.15) is 0 Å². The average molecular weight is 465 g/mol. The molecule has 0 saturated heterocycles. The van der Waals surface area contributed by atoms with Crippen LogP contribution in [0.3, 0.4) is 0 Å². The molecule has 4 aromatic rings. The van der Waals surface area contributed by atoms with Gasteiger partial charge in [-0.05, 0) is 88.4 Å². The molecule has 0 nitrogen and oxygen atoms in total. The standard InChI is InChI=1S/C34H37F/c1-3-5-7-9-26-11-15-28(16-12-26)29-19-21-31(22-20-29)33-23-32(24-34(35)25-33)30-17-13-27(14-18-30)10-8-6-4-2/h11-25H,3-10H2,1-2H3. The Balaban J connectivity index is 1.48. The molecule has 0 atom stereocenters. The number of unbranched alkanes of at least 4 members (excludes halogenated alkanes) is 4. The Morgan fingerprint density at radius 1 is 0.429 bits per heavy atom. The van der Waals surface area contributed by atoms with Gasteiger partial charge in [-0.1, -0.05) is 112 Å². The van der Waals surface area contributed by atoms with Crippen LogP contribution in [0, 0.1) is 5.82 Å². The summed E-state index contributed by atoms with van der Waals surface area (Å²) in [4.78, 5) is 0. The first-order chi connectivity index (χ1) is 17.2. The fourth-order valence-corrected chi connectivity index (χ4v) is 4.66. The van der Waals surface area contributed by atoms with Gasteiger partial charge in [0.25, 0.3) is 0 Å². The van der Waals surface area contributed by atoms with E-state index in [0.717, 1.165) is 35.1 Å². The van der Waals surface area contributed by atoms with E-state index in [4.69, 9.17) is 0 Å². The molecule has 0 radical (unpaired) electrons. The summed E-state index contributed by atoms with van der Waals surface area (Å²) in [5, 5.41) is 0. The molecule has 0 saturated carbocycles. The first-order valence-corrected chi connectivity index (χ1v) is 13.3. The van der Waals surface area contributed by atoms with Crippen LogP contribution >= 0.6 is 0 Å². The van der Waals surface area contributed by atoms with E-state index in [1.165, 1.54) is 60.8 Å². The topological polar surface area (TPSA) is 0 Å². The average Bonchev–Trinajstić information content (AvgIpc) is 2.90. The van der Waals surface area contributed by atoms with Gasteiger partial charge in [0, 0.05) is 0 Å². The van der Waals surface area contributed by atoms with Crippen molar-refractivity contribution in [2.24, 2.45) is 0 Å². The molecule has 1 heteroatoms. The highest BCUT2D eigenvalue weighted by atomic mass is 19.1. The second kappa shape index (κ2) is 12.5. The van der Waals surface area contributed by atoms with Crippen LogP contribution in [0.25, 0.3) is 33.4 Å². The van der Waals surface area contributed by atoms with Crippen LogP contribution in [0.15, 0.2) is 91.0 Å². The quantitative estimate of drug-likeness (QED) is 0.194. The molecule has 0 fully saturated rings. The van der Waals surface area contributed by atoms with Crippen molar-refractivity contribution in [3.05, 3.63) is 108 Å². The lowest BCUT2D eigenvalue weighted by Crippen LogP contribution is -1.88. The van der Waals surface area contributed by atoms with Crippen molar-refractivity contribution in [3.63, 3.8) is 0 Å². The summed E-state index contributed by atoms with van der Waals surface area (Å²) in [7, 11) is 0. The van der Waals surface area contributed by atoms with Gasteiger partial charge in [0.2, 0.25) is 0 Å². The summed E-state index contributed by atoms with van der Waals surface area (Å²) in [6, 6.07) is 31.3. The molecule has 0 aliphatic heterocycles. The van der Waals surface area contributed by atoms with Crippen molar-refractivity contribution < 1.29 is 4.39 Å². The minimum absolute atomic E-state index is 0.202. The Morgan fingerprint density at radius 3 is 1.14 bits per heavy atom. The fourth-order valence-electron chi connectivity index (χ4n) is 4.66. The molecule has 0 aromatic heterocycles. The second-order valence-electron chi connectivity index (χ2n) is 9.61. The SMILES string of the molecule is CCCCCc1ccc(-c2ccc(-c3cc(F)cc(-c4ccc(CCCCC)cc4)c3)cc2)cc1. The highest BCUT2D eigenvalue weighted by Gasteiger charge is 2.07. The Kier molecular flexibility index (Phi) is 8.90. The molecule has 35 heavy (non-hydrogen) atoms. The third-order valence-corrected chi connectivity index (χ3v) is 6.83. The zero-order valence-electron chi connectivity index (χ0n) is 21.2. The Hall–Kier alpha value is -3.19. The zero-order valence-corrected chi connectivity index (χ0v) is 21.2. The van der Waals surface area contributed by atoms with Crippen molar-refractivity contribution in [1.82, 2.24) is 0 Å². The first-order valence-electron chi connectivity index (χ1n) is 13.3. The molecule has 4 rings (SSSR count). The van der Waals surface area contributed by atoms with Gasteiger partial charge in [-0.25, -0.2) is 4.39 Å². The molecular weight excluding hydrogens is 427 g/mol. The van der Waals surface area contributed by atoms with Crippen LogP contribution in [-0.4, -0.2) is 0 Å². The van der Waals surface area contributed by atoms with E-state index in [9.17, 15) is 4.39 Å². The van der Waals surface area contributed by atoms with Crippen LogP contribution < -0.4 is 0 Å². The molecule has 0 unspecified atom stereocenters. The Bertz CT molecular complexity index is 1190. The normalized spacial score (nSPS) is 11.1. The summed E-state index contributed by atoms with van der Waals surface area (Å²) in [5.41, 5.74) is 9.07. The maximum absolute atomic E-state index is 14.6. The smallest absolute Gasteiger partial charge is 0.124 e. The van der Waals surface area contributed by atoms with Crippen LogP contribution in [-0.2, 0) is 12.8 Å². The molecule has 0 bridgehead atoms. The van der Waals surface area contributed by atoms with E-state index < -0.39 is 0 Å². The Labute approximate surface area is 210 Å². The Morgan fingerprint density at radius 2 is 0.771 bits per heavy atom. The summed E-state index contributed by atoms with van der Waals surface area (Å²) in [6.45, 7) is 4.47. The number of hydrogen-bond donors (Lipinski definition) is 0. The summed E-state index contributed by atoms with van der Waals surface area (Å²) in [5.74, 6) is -0.202. The van der Waals surface area contributed by atoms with Crippen molar-refractivity contribution in [2.45, 2.75) is 65.2 Å². The molecule has 0 aliphatic carbocycles. The first kappa shape index (κ1) is 24.9. The van der Waals surface area contributed by atoms with Crippen LogP contribution in [0.5, 0.6) is 0 Å². The van der Waals surface area contributed by atoms with Crippen molar-refractivity contribution in [2.75, 3.05) is 0 Å². The van der Waals surface area contributed by atoms with Crippen LogP contribution in [0.4, 0.5) is 4.39 Å². The van der Waals surface area contributed by atoms with Crippen LogP contribution in [0.2, 0.25) is 0 Å². The van der Waals surface area contributed by atoms with Gasteiger partial charge < -0.3 is 0 Å². The molecule has 4 aromatic carbocycles. The number of hydrogen-bond acceptors (Lipinski definition) is 0. The van der Waals surface area contributed by atoms with Gasteiger partial charge in [-0.3, -0.25) is 0 Å². The monoisotopic (exact) mass is 464 g/mol. The van der Waals surface area contributed by atoms with Gasteiger partial charge in [0.05, 0.1) is 0 Å². The van der Waals surface area contributed by atoms with Crippen molar-refractivity contribution in [3.8, 4) is 33.4 Å². The number of aryl methyl sites for hydroxylation is 2. The highest BCUT2D eigenvalue weighted by Crippen LogP contribution is 2.30. The van der Waals surface area contributed by atoms with Gasteiger partial charge in [-0.15, -0.1) is 0 Å². The molecule has 180 valence electrons. The van der Waals surface area contributed by atoms with E-state index in [1.54, 1.807) is 12.1 Å². The van der Waals surface area contributed by atoms with E-state index in [2.05, 4.69) is 92.7 Å². The van der Waals surface area contributed by atoms with Gasteiger partial charge >= 0.3 is 0 Å². The van der Waals surface area contributed by atoms with E-state index in [0.29, 0.717) is 0 Å². The van der Waals surface area contributed by atoms with Gasteiger partial charge in [0.15, 0.2) is 0 Å². The van der Waals surface area contributed by atoms with E-state index in [1.807, 2.05) is 0 Å². The second-order valence-corrected chi connectivity index (χ2v) is 9.61. The molecular formula is C34H37F. The van der Waals surface area contributed by atoms with Crippen molar-refractivity contribution in [1.29, 1.82) is 0 Å². The molecule has 0 spiro atoms. The summed E-state index contributed by atoms with van der Waals surface area (Å²) in [6.07, 6.45) is 9.77. The van der Waals surface area contributed by atoms with Gasteiger partial charge in [0.1, 0.15) is 5.82 Å². The minimum Gasteiger partial charge on any atom is -0.207 e. The largest absolute Gasteiger partial charge is 0.207 e. The maximum atomic E-state index is 14.6.